The Morgan fingerprint density at radius 2 is 2.35 bits per heavy atom. The minimum Gasteiger partial charge on any atom is -0.310 e. The van der Waals surface area contributed by atoms with Crippen molar-refractivity contribution in [3.8, 4) is 0 Å². The smallest absolute Gasteiger partial charge is 0.259 e. The number of H-pyrrole nitrogens is 1. The molecule has 1 aliphatic carbocycles. The molecule has 0 bridgehead atoms. The van der Waals surface area contributed by atoms with Crippen LogP contribution in [0.1, 0.15) is 22.7 Å². The minimum absolute atomic E-state index is 0.0184. The quantitative estimate of drug-likeness (QED) is 0.800. The van der Waals surface area contributed by atoms with Gasteiger partial charge in [0.15, 0.2) is 0 Å². The Balaban J connectivity index is 1.70. The molecule has 4 rings (SSSR count). The van der Waals surface area contributed by atoms with Crippen LogP contribution in [0.3, 0.4) is 0 Å². The molecular weight excluding hydrogens is 272 g/mol. The van der Waals surface area contributed by atoms with Gasteiger partial charge >= 0.3 is 0 Å². The number of aromatic nitrogens is 4. The highest BCUT2D eigenvalue weighted by Gasteiger charge is 2.20. The summed E-state index contributed by atoms with van der Waals surface area (Å²) in [4.78, 5) is 22.1. The average Bonchev–Trinajstić information content (AvgIpc) is 3.12. The minimum atomic E-state index is 0.0184. The molecule has 0 aromatic carbocycles. The number of hydrogen-bond donors (Lipinski definition) is 1. The van der Waals surface area contributed by atoms with Crippen molar-refractivity contribution in [1.82, 2.24) is 19.7 Å². The van der Waals surface area contributed by atoms with E-state index in [1.807, 2.05) is 16.9 Å². The topological polar surface area (TPSA) is 63.6 Å². The zero-order valence-electron chi connectivity index (χ0n) is 10.9. The van der Waals surface area contributed by atoms with Crippen LogP contribution in [0.15, 0.2) is 23.3 Å². The standard InChI is InChI=1S/C14H14N4OS/c19-13-12-9-3-1-4-10(9)20-14(12)17-11(16-13)5-8-18-7-2-6-15-18/h2,6-7H,1,3-5,8H2,(H,16,17,19). The van der Waals surface area contributed by atoms with E-state index in [9.17, 15) is 4.79 Å². The predicted octanol–water partition coefficient (Wildman–Crippen LogP) is 1.91. The molecule has 0 saturated heterocycles. The number of aromatic amines is 1. The maximum absolute atomic E-state index is 12.3. The van der Waals surface area contributed by atoms with Gasteiger partial charge in [-0.1, -0.05) is 0 Å². The summed E-state index contributed by atoms with van der Waals surface area (Å²) in [6.45, 7) is 0.729. The van der Waals surface area contributed by atoms with Gasteiger partial charge < -0.3 is 4.98 Å². The van der Waals surface area contributed by atoms with Gasteiger partial charge in [-0.05, 0) is 30.9 Å². The van der Waals surface area contributed by atoms with E-state index in [0.29, 0.717) is 6.42 Å². The third-order valence-corrected chi connectivity index (χ3v) is 4.95. The van der Waals surface area contributed by atoms with Gasteiger partial charge in [-0.15, -0.1) is 11.3 Å². The van der Waals surface area contributed by atoms with E-state index in [0.717, 1.165) is 41.8 Å². The summed E-state index contributed by atoms with van der Waals surface area (Å²) in [6, 6.07) is 1.89. The highest BCUT2D eigenvalue weighted by atomic mass is 32.1. The fourth-order valence-electron chi connectivity index (χ4n) is 2.82. The van der Waals surface area contributed by atoms with Crippen molar-refractivity contribution in [3.63, 3.8) is 0 Å². The van der Waals surface area contributed by atoms with Crippen LogP contribution in [0, 0.1) is 0 Å². The van der Waals surface area contributed by atoms with Gasteiger partial charge in [0.2, 0.25) is 0 Å². The van der Waals surface area contributed by atoms with Crippen molar-refractivity contribution in [2.75, 3.05) is 0 Å². The van der Waals surface area contributed by atoms with Crippen molar-refractivity contribution >= 4 is 21.6 Å². The first kappa shape index (κ1) is 11.8. The molecule has 1 N–H and O–H groups in total. The molecule has 0 spiro atoms. The summed E-state index contributed by atoms with van der Waals surface area (Å²) >= 11 is 1.68. The fourth-order valence-corrected chi connectivity index (χ4v) is 4.10. The molecule has 20 heavy (non-hydrogen) atoms. The summed E-state index contributed by atoms with van der Waals surface area (Å²) in [5, 5.41) is 4.98. The molecule has 0 amide bonds. The van der Waals surface area contributed by atoms with Crippen LogP contribution in [0.4, 0.5) is 0 Å². The lowest BCUT2D eigenvalue weighted by molar-refractivity contribution is 0.601. The van der Waals surface area contributed by atoms with E-state index < -0.39 is 0 Å². The fraction of sp³-hybridized carbons (Fsp3) is 0.357. The number of nitrogens with one attached hydrogen (secondary N) is 1. The predicted molar refractivity (Wildman–Crippen MR) is 78.2 cm³/mol. The average molecular weight is 286 g/mol. The molecule has 5 nitrogen and oxygen atoms in total. The van der Waals surface area contributed by atoms with Crippen LogP contribution in [0.2, 0.25) is 0 Å². The molecule has 0 radical (unpaired) electrons. The lowest BCUT2D eigenvalue weighted by Crippen LogP contribution is -2.13. The second-order valence-electron chi connectivity index (χ2n) is 5.07. The van der Waals surface area contributed by atoms with Gasteiger partial charge in [-0.25, -0.2) is 4.98 Å². The molecular formula is C14H14N4OS. The number of aryl methyl sites for hydroxylation is 4. The second-order valence-corrected chi connectivity index (χ2v) is 6.15. The van der Waals surface area contributed by atoms with Crippen LogP contribution in [0.5, 0.6) is 0 Å². The normalized spacial score (nSPS) is 14.0. The molecule has 3 aromatic rings. The van der Waals surface area contributed by atoms with Crippen LogP contribution < -0.4 is 5.56 Å². The molecule has 102 valence electrons. The van der Waals surface area contributed by atoms with Crippen LogP contribution in [-0.4, -0.2) is 19.7 Å². The Kier molecular flexibility index (Phi) is 2.70. The van der Waals surface area contributed by atoms with E-state index in [1.54, 1.807) is 17.5 Å². The molecule has 0 unspecified atom stereocenters. The van der Waals surface area contributed by atoms with E-state index in [4.69, 9.17) is 0 Å². The van der Waals surface area contributed by atoms with E-state index in [2.05, 4.69) is 15.1 Å². The first-order valence-corrected chi connectivity index (χ1v) is 7.64. The van der Waals surface area contributed by atoms with Gasteiger partial charge in [0.25, 0.3) is 5.56 Å². The number of hydrogen-bond acceptors (Lipinski definition) is 4. The van der Waals surface area contributed by atoms with Gasteiger partial charge in [0.1, 0.15) is 10.7 Å². The molecule has 0 saturated carbocycles. The van der Waals surface area contributed by atoms with Crippen molar-refractivity contribution in [2.45, 2.75) is 32.2 Å². The highest BCUT2D eigenvalue weighted by molar-refractivity contribution is 7.18. The zero-order valence-corrected chi connectivity index (χ0v) is 11.7. The summed E-state index contributed by atoms with van der Waals surface area (Å²) in [7, 11) is 0. The largest absolute Gasteiger partial charge is 0.310 e. The first-order chi connectivity index (χ1) is 9.81. The Bertz CT molecular complexity index is 816. The van der Waals surface area contributed by atoms with E-state index in [-0.39, 0.29) is 5.56 Å². The van der Waals surface area contributed by atoms with Gasteiger partial charge in [0.05, 0.1) is 5.39 Å². The lowest BCUT2D eigenvalue weighted by atomic mass is 10.2. The molecule has 0 atom stereocenters. The second kappa shape index (κ2) is 4.56. The Morgan fingerprint density at radius 1 is 1.40 bits per heavy atom. The molecule has 6 heteroatoms. The molecule has 3 heterocycles. The molecule has 0 aliphatic heterocycles. The van der Waals surface area contributed by atoms with Crippen LogP contribution in [-0.2, 0) is 25.8 Å². The monoisotopic (exact) mass is 286 g/mol. The van der Waals surface area contributed by atoms with Crippen molar-refractivity contribution in [2.24, 2.45) is 0 Å². The number of fused-ring (bicyclic) bond motifs is 3. The van der Waals surface area contributed by atoms with Gasteiger partial charge in [-0.3, -0.25) is 9.48 Å². The number of nitrogens with zero attached hydrogens (tertiary/aromatic N) is 3. The summed E-state index contributed by atoms with van der Waals surface area (Å²) in [5.41, 5.74) is 1.25. The summed E-state index contributed by atoms with van der Waals surface area (Å²) < 4.78 is 1.85. The maximum atomic E-state index is 12.3. The van der Waals surface area contributed by atoms with Gasteiger partial charge in [0, 0.05) is 30.2 Å². The lowest BCUT2D eigenvalue weighted by Gasteiger charge is -2.02. The Morgan fingerprint density at radius 3 is 3.20 bits per heavy atom. The number of rotatable bonds is 3. The Labute approximate surface area is 119 Å². The van der Waals surface area contributed by atoms with Crippen molar-refractivity contribution in [1.29, 1.82) is 0 Å². The third-order valence-electron chi connectivity index (χ3n) is 3.76. The SMILES string of the molecule is O=c1[nH]c(CCn2cccn2)nc2sc3c(c12)CCC3. The molecule has 0 fully saturated rings. The van der Waals surface area contributed by atoms with E-state index >= 15 is 0 Å². The summed E-state index contributed by atoms with van der Waals surface area (Å²) in [5.74, 6) is 0.748. The Hall–Kier alpha value is -1.95. The van der Waals surface area contributed by atoms with Gasteiger partial charge in [-0.2, -0.15) is 5.10 Å². The van der Waals surface area contributed by atoms with Crippen LogP contribution >= 0.6 is 11.3 Å². The van der Waals surface area contributed by atoms with Crippen molar-refractivity contribution < 1.29 is 0 Å². The van der Waals surface area contributed by atoms with E-state index in [1.165, 1.54) is 10.4 Å². The molecule has 3 aromatic heterocycles. The number of thiophene rings is 1. The van der Waals surface area contributed by atoms with Crippen LogP contribution in [0.25, 0.3) is 10.2 Å². The summed E-state index contributed by atoms with van der Waals surface area (Å²) in [6.07, 6.45) is 7.64. The molecule has 1 aliphatic rings. The zero-order chi connectivity index (χ0) is 13.5. The van der Waals surface area contributed by atoms with Crippen molar-refractivity contribution in [3.05, 3.63) is 45.1 Å². The first-order valence-electron chi connectivity index (χ1n) is 6.82. The highest BCUT2D eigenvalue weighted by Crippen LogP contribution is 2.34. The maximum Gasteiger partial charge on any atom is 0.259 e. The third kappa shape index (κ3) is 1.87.